The van der Waals surface area contributed by atoms with Crippen LogP contribution in [0.1, 0.15) is 38.5 Å². The van der Waals surface area contributed by atoms with Gasteiger partial charge in [-0.15, -0.1) is 6.58 Å². The predicted octanol–water partition coefficient (Wildman–Crippen LogP) is 2.22. The Hall–Kier alpha value is -0.300. The molecule has 0 heterocycles. The molecule has 2 N–H and O–H groups in total. The van der Waals surface area contributed by atoms with Gasteiger partial charge >= 0.3 is 0 Å². The summed E-state index contributed by atoms with van der Waals surface area (Å²) in [6, 6.07) is 0. The minimum absolute atomic E-state index is 0.0312. The molecule has 10 heavy (non-hydrogen) atoms. The summed E-state index contributed by atoms with van der Waals surface area (Å²) in [6.07, 6.45) is 9.47. The standard InChI is InChI=1S/C9H17N/c1-2-9(10)7-5-3-4-6-8-9/h2H,1,3-8,10H2. The molecule has 1 aliphatic carbocycles. The molecule has 0 aromatic heterocycles. The van der Waals surface area contributed by atoms with Gasteiger partial charge in [-0.3, -0.25) is 0 Å². The van der Waals surface area contributed by atoms with Gasteiger partial charge in [0.1, 0.15) is 0 Å². The van der Waals surface area contributed by atoms with Crippen LogP contribution in [0.25, 0.3) is 0 Å². The van der Waals surface area contributed by atoms with Crippen molar-refractivity contribution in [1.29, 1.82) is 0 Å². The molecule has 0 aromatic carbocycles. The van der Waals surface area contributed by atoms with Gasteiger partial charge in [0.25, 0.3) is 0 Å². The van der Waals surface area contributed by atoms with Crippen LogP contribution in [-0.4, -0.2) is 5.54 Å². The van der Waals surface area contributed by atoms with Gasteiger partial charge in [0.2, 0.25) is 0 Å². The highest BCUT2D eigenvalue weighted by molar-refractivity contribution is 5.00. The van der Waals surface area contributed by atoms with E-state index >= 15 is 0 Å². The van der Waals surface area contributed by atoms with Crippen molar-refractivity contribution in [2.45, 2.75) is 44.1 Å². The smallest absolute Gasteiger partial charge is 0.0336 e. The summed E-state index contributed by atoms with van der Waals surface area (Å²) in [7, 11) is 0. The van der Waals surface area contributed by atoms with Gasteiger partial charge in [-0.1, -0.05) is 31.8 Å². The first-order valence-electron chi connectivity index (χ1n) is 4.19. The van der Waals surface area contributed by atoms with E-state index in [1.165, 1.54) is 25.7 Å². The molecule has 1 rings (SSSR count). The first-order chi connectivity index (χ1) is 4.77. The normalized spacial score (nSPS) is 25.3. The van der Waals surface area contributed by atoms with Gasteiger partial charge in [0, 0.05) is 5.54 Å². The monoisotopic (exact) mass is 139 g/mol. The second-order valence-electron chi connectivity index (χ2n) is 3.35. The quantitative estimate of drug-likeness (QED) is 0.437. The third kappa shape index (κ3) is 1.84. The van der Waals surface area contributed by atoms with Gasteiger partial charge in [-0.25, -0.2) is 0 Å². The molecule has 0 unspecified atom stereocenters. The summed E-state index contributed by atoms with van der Waals surface area (Å²) in [4.78, 5) is 0. The molecule has 1 nitrogen and oxygen atoms in total. The highest BCUT2D eigenvalue weighted by Crippen LogP contribution is 2.25. The largest absolute Gasteiger partial charge is 0.322 e. The minimum atomic E-state index is -0.0312. The minimum Gasteiger partial charge on any atom is -0.322 e. The van der Waals surface area contributed by atoms with Gasteiger partial charge < -0.3 is 5.73 Å². The van der Waals surface area contributed by atoms with Gasteiger partial charge in [0.05, 0.1) is 0 Å². The highest BCUT2D eigenvalue weighted by Gasteiger charge is 2.21. The van der Waals surface area contributed by atoms with Crippen molar-refractivity contribution < 1.29 is 0 Å². The maximum atomic E-state index is 6.04. The van der Waals surface area contributed by atoms with Crippen molar-refractivity contribution in [2.24, 2.45) is 5.73 Å². The van der Waals surface area contributed by atoms with Crippen molar-refractivity contribution >= 4 is 0 Å². The lowest BCUT2D eigenvalue weighted by Crippen LogP contribution is -2.36. The molecule has 0 saturated heterocycles. The second kappa shape index (κ2) is 3.20. The molecule has 0 aromatic rings. The lowest BCUT2D eigenvalue weighted by atomic mass is 9.92. The van der Waals surface area contributed by atoms with Crippen LogP contribution in [0, 0.1) is 0 Å². The zero-order chi connectivity index (χ0) is 7.45. The summed E-state index contributed by atoms with van der Waals surface area (Å²) in [5, 5.41) is 0. The molecule has 0 aliphatic heterocycles. The van der Waals surface area contributed by atoms with Crippen LogP contribution in [0.2, 0.25) is 0 Å². The van der Waals surface area contributed by atoms with Crippen LogP contribution in [0.5, 0.6) is 0 Å². The van der Waals surface area contributed by atoms with E-state index in [0.717, 1.165) is 12.8 Å². The topological polar surface area (TPSA) is 26.0 Å². The van der Waals surface area contributed by atoms with Gasteiger partial charge in [-0.05, 0) is 12.8 Å². The van der Waals surface area contributed by atoms with E-state index in [2.05, 4.69) is 6.58 Å². The van der Waals surface area contributed by atoms with Crippen LogP contribution in [0.3, 0.4) is 0 Å². The van der Waals surface area contributed by atoms with Crippen LogP contribution in [-0.2, 0) is 0 Å². The van der Waals surface area contributed by atoms with E-state index in [0.29, 0.717) is 0 Å². The van der Waals surface area contributed by atoms with Crippen LogP contribution in [0.15, 0.2) is 12.7 Å². The van der Waals surface area contributed by atoms with Crippen molar-refractivity contribution in [2.75, 3.05) is 0 Å². The molecule has 0 radical (unpaired) electrons. The lowest BCUT2D eigenvalue weighted by molar-refractivity contribution is 0.461. The second-order valence-corrected chi connectivity index (χ2v) is 3.35. The van der Waals surface area contributed by atoms with Gasteiger partial charge in [0.15, 0.2) is 0 Å². The van der Waals surface area contributed by atoms with E-state index in [-0.39, 0.29) is 5.54 Å². The van der Waals surface area contributed by atoms with E-state index in [9.17, 15) is 0 Å². The lowest BCUT2D eigenvalue weighted by Gasteiger charge is -2.22. The molecule has 1 saturated carbocycles. The van der Waals surface area contributed by atoms with E-state index in [1.807, 2.05) is 6.08 Å². The Kier molecular flexibility index (Phi) is 2.50. The van der Waals surface area contributed by atoms with Crippen molar-refractivity contribution in [3.63, 3.8) is 0 Å². The fourth-order valence-corrected chi connectivity index (χ4v) is 1.59. The van der Waals surface area contributed by atoms with E-state index in [1.54, 1.807) is 0 Å². The van der Waals surface area contributed by atoms with E-state index < -0.39 is 0 Å². The number of rotatable bonds is 1. The summed E-state index contributed by atoms with van der Waals surface area (Å²) in [5.41, 5.74) is 6.01. The maximum absolute atomic E-state index is 6.04. The van der Waals surface area contributed by atoms with Crippen molar-refractivity contribution in [1.82, 2.24) is 0 Å². The Morgan fingerprint density at radius 2 is 1.60 bits per heavy atom. The summed E-state index contributed by atoms with van der Waals surface area (Å²) < 4.78 is 0. The molecule has 58 valence electrons. The van der Waals surface area contributed by atoms with E-state index in [4.69, 9.17) is 5.73 Å². The predicted molar refractivity (Wildman–Crippen MR) is 44.8 cm³/mol. The molecule has 0 bridgehead atoms. The van der Waals surface area contributed by atoms with Crippen LogP contribution in [0.4, 0.5) is 0 Å². The first kappa shape index (κ1) is 7.80. The Morgan fingerprint density at radius 3 is 2.00 bits per heavy atom. The molecule has 0 spiro atoms. The zero-order valence-electron chi connectivity index (χ0n) is 6.60. The molecule has 0 atom stereocenters. The molecule has 1 heteroatoms. The Bertz CT molecular complexity index is 110. The summed E-state index contributed by atoms with van der Waals surface area (Å²) >= 11 is 0. The number of nitrogens with two attached hydrogens (primary N) is 1. The Morgan fingerprint density at radius 1 is 1.10 bits per heavy atom. The molecule has 0 amide bonds. The average Bonchev–Trinajstić information content (AvgIpc) is 2.15. The van der Waals surface area contributed by atoms with Crippen LogP contribution < -0.4 is 5.73 Å². The Balaban J connectivity index is 2.48. The third-order valence-electron chi connectivity index (χ3n) is 2.44. The molecular weight excluding hydrogens is 122 g/mol. The molecule has 1 aliphatic rings. The molecule has 1 fully saturated rings. The van der Waals surface area contributed by atoms with Crippen molar-refractivity contribution in [3.05, 3.63) is 12.7 Å². The van der Waals surface area contributed by atoms with Gasteiger partial charge in [-0.2, -0.15) is 0 Å². The van der Waals surface area contributed by atoms with Crippen LogP contribution >= 0.6 is 0 Å². The Labute approximate surface area is 63.3 Å². The fourth-order valence-electron chi connectivity index (χ4n) is 1.59. The number of hydrogen-bond donors (Lipinski definition) is 1. The average molecular weight is 139 g/mol. The van der Waals surface area contributed by atoms with Crippen molar-refractivity contribution in [3.8, 4) is 0 Å². The zero-order valence-corrected chi connectivity index (χ0v) is 6.60. The first-order valence-corrected chi connectivity index (χ1v) is 4.19. The third-order valence-corrected chi connectivity index (χ3v) is 2.44. The molecular formula is C9H17N. The highest BCUT2D eigenvalue weighted by atomic mass is 14.7. The summed E-state index contributed by atoms with van der Waals surface area (Å²) in [5.74, 6) is 0. The fraction of sp³-hybridized carbons (Fsp3) is 0.778. The number of hydrogen-bond acceptors (Lipinski definition) is 1. The maximum Gasteiger partial charge on any atom is 0.0336 e. The summed E-state index contributed by atoms with van der Waals surface area (Å²) in [6.45, 7) is 3.77. The SMILES string of the molecule is C=CC1(N)CCCCCC1.